The van der Waals surface area contributed by atoms with Gasteiger partial charge in [-0.15, -0.1) is 0 Å². The molecule has 4 aromatic rings. The minimum Gasteiger partial charge on any atom is -0.457 e. The average Bonchev–Trinajstić information content (AvgIpc) is 3.02. The number of anilines is 2. The topological polar surface area (TPSA) is 64.9 Å². The van der Waals surface area contributed by atoms with Crippen LogP contribution in [-0.2, 0) is 0 Å². The van der Waals surface area contributed by atoms with Crippen LogP contribution >= 0.6 is 0 Å². The standard InChI is InChI=1S/C22H21N5O/c1-15-14-21(25-22(23-15)27-17(3)13-16(2)26-27)24-18-9-11-20(12-10-18)28-19-7-5-4-6-8-19/h4-14H,1-3H3,(H,23,24,25). The SMILES string of the molecule is Cc1cc(Nc2ccc(Oc3ccccc3)cc2)nc(-n2nc(C)cc2C)n1. The number of hydrogen-bond donors (Lipinski definition) is 1. The molecular weight excluding hydrogens is 350 g/mol. The molecule has 140 valence electrons. The highest BCUT2D eigenvalue weighted by atomic mass is 16.5. The van der Waals surface area contributed by atoms with Gasteiger partial charge in [0.05, 0.1) is 5.69 Å². The van der Waals surface area contributed by atoms with Crippen molar-refractivity contribution in [3.63, 3.8) is 0 Å². The lowest BCUT2D eigenvalue weighted by molar-refractivity contribution is 0.483. The zero-order valence-electron chi connectivity index (χ0n) is 16.0. The molecule has 0 amide bonds. The van der Waals surface area contributed by atoms with Gasteiger partial charge in [-0.1, -0.05) is 18.2 Å². The molecule has 2 aromatic heterocycles. The molecule has 0 saturated carbocycles. The summed E-state index contributed by atoms with van der Waals surface area (Å²) in [6.07, 6.45) is 0. The van der Waals surface area contributed by atoms with Gasteiger partial charge in [0.25, 0.3) is 5.95 Å². The normalized spacial score (nSPS) is 10.7. The number of rotatable bonds is 5. The summed E-state index contributed by atoms with van der Waals surface area (Å²) in [6, 6.07) is 21.4. The summed E-state index contributed by atoms with van der Waals surface area (Å²) in [5, 5.41) is 7.79. The predicted molar refractivity (Wildman–Crippen MR) is 110 cm³/mol. The van der Waals surface area contributed by atoms with E-state index in [4.69, 9.17) is 4.74 Å². The highest BCUT2D eigenvalue weighted by molar-refractivity contribution is 5.58. The second-order valence-electron chi connectivity index (χ2n) is 6.60. The maximum Gasteiger partial charge on any atom is 0.252 e. The van der Waals surface area contributed by atoms with E-state index in [1.54, 1.807) is 4.68 Å². The first-order chi connectivity index (χ1) is 13.6. The van der Waals surface area contributed by atoms with E-state index < -0.39 is 0 Å². The third kappa shape index (κ3) is 4.01. The van der Waals surface area contributed by atoms with E-state index in [0.29, 0.717) is 11.8 Å². The Bertz CT molecular complexity index is 1090. The molecule has 0 aliphatic rings. The van der Waals surface area contributed by atoms with E-state index in [2.05, 4.69) is 20.4 Å². The van der Waals surface area contributed by atoms with Crippen LogP contribution in [0, 0.1) is 20.8 Å². The summed E-state index contributed by atoms with van der Waals surface area (Å²) in [4.78, 5) is 9.12. The predicted octanol–water partition coefficient (Wildman–Crippen LogP) is 5.12. The van der Waals surface area contributed by atoms with Crippen LogP contribution in [0.5, 0.6) is 11.5 Å². The van der Waals surface area contributed by atoms with Crippen LogP contribution in [-0.4, -0.2) is 19.7 Å². The number of ether oxygens (including phenoxy) is 1. The largest absolute Gasteiger partial charge is 0.457 e. The van der Waals surface area contributed by atoms with Gasteiger partial charge in [0.15, 0.2) is 0 Å². The molecule has 0 aliphatic carbocycles. The van der Waals surface area contributed by atoms with Crippen LogP contribution < -0.4 is 10.1 Å². The van der Waals surface area contributed by atoms with Crippen LogP contribution in [0.4, 0.5) is 11.5 Å². The highest BCUT2D eigenvalue weighted by Crippen LogP contribution is 2.24. The molecule has 2 heterocycles. The Morgan fingerprint density at radius 3 is 2.18 bits per heavy atom. The molecule has 0 aliphatic heterocycles. The molecular formula is C22H21N5O. The number of para-hydroxylation sites is 1. The van der Waals surface area contributed by atoms with E-state index in [0.717, 1.165) is 34.3 Å². The number of hydrogen-bond acceptors (Lipinski definition) is 5. The summed E-state index contributed by atoms with van der Waals surface area (Å²) in [5.74, 6) is 2.85. The number of benzene rings is 2. The Labute approximate surface area is 163 Å². The number of aryl methyl sites for hydroxylation is 3. The molecule has 28 heavy (non-hydrogen) atoms. The van der Waals surface area contributed by atoms with Crippen molar-refractivity contribution in [1.29, 1.82) is 0 Å². The second-order valence-corrected chi connectivity index (χ2v) is 6.60. The van der Waals surface area contributed by atoms with E-state index in [1.807, 2.05) is 87.5 Å². The van der Waals surface area contributed by atoms with Crippen molar-refractivity contribution in [2.24, 2.45) is 0 Å². The highest BCUT2D eigenvalue weighted by Gasteiger charge is 2.09. The molecule has 0 spiro atoms. The Balaban J connectivity index is 1.53. The van der Waals surface area contributed by atoms with Gasteiger partial charge >= 0.3 is 0 Å². The minimum absolute atomic E-state index is 0.553. The maximum absolute atomic E-state index is 5.83. The molecule has 4 rings (SSSR count). The van der Waals surface area contributed by atoms with E-state index in [-0.39, 0.29) is 0 Å². The van der Waals surface area contributed by atoms with Gasteiger partial charge in [0.2, 0.25) is 0 Å². The van der Waals surface area contributed by atoms with Crippen LogP contribution in [0.15, 0.2) is 66.7 Å². The van der Waals surface area contributed by atoms with E-state index in [9.17, 15) is 0 Å². The van der Waals surface area contributed by atoms with Crippen molar-refractivity contribution >= 4 is 11.5 Å². The summed E-state index contributed by atoms with van der Waals surface area (Å²) >= 11 is 0. The van der Waals surface area contributed by atoms with Crippen LogP contribution in [0.3, 0.4) is 0 Å². The average molecular weight is 371 g/mol. The van der Waals surface area contributed by atoms with Gasteiger partial charge in [-0.3, -0.25) is 0 Å². The van der Waals surface area contributed by atoms with Crippen molar-refractivity contribution in [2.75, 3.05) is 5.32 Å². The monoisotopic (exact) mass is 371 g/mol. The maximum atomic E-state index is 5.83. The van der Waals surface area contributed by atoms with E-state index >= 15 is 0 Å². The molecule has 0 bridgehead atoms. The molecule has 0 unspecified atom stereocenters. The fourth-order valence-corrected chi connectivity index (χ4v) is 2.92. The van der Waals surface area contributed by atoms with Gasteiger partial charge in [0, 0.05) is 23.1 Å². The lowest BCUT2D eigenvalue weighted by Crippen LogP contribution is -2.08. The quantitative estimate of drug-likeness (QED) is 0.527. The third-order valence-electron chi connectivity index (χ3n) is 4.15. The lowest BCUT2D eigenvalue weighted by Gasteiger charge is -2.10. The van der Waals surface area contributed by atoms with Gasteiger partial charge in [-0.2, -0.15) is 10.1 Å². The molecule has 1 N–H and O–H groups in total. The molecule has 0 saturated heterocycles. The lowest BCUT2D eigenvalue weighted by atomic mass is 10.3. The Morgan fingerprint density at radius 1 is 0.786 bits per heavy atom. The third-order valence-corrected chi connectivity index (χ3v) is 4.15. The van der Waals surface area contributed by atoms with Crippen molar-refractivity contribution in [2.45, 2.75) is 20.8 Å². The van der Waals surface area contributed by atoms with Crippen LogP contribution in [0.1, 0.15) is 17.1 Å². The summed E-state index contributed by atoms with van der Waals surface area (Å²) in [7, 11) is 0. The van der Waals surface area contributed by atoms with Gasteiger partial charge in [-0.25, -0.2) is 9.67 Å². The molecule has 6 nitrogen and oxygen atoms in total. The fraction of sp³-hybridized carbons (Fsp3) is 0.136. The Hall–Kier alpha value is -3.67. The summed E-state index contributed by atoms with van der Waals surface area (Å²) < 4.78 is 7.58. The smallest absolute Gasteiger partial charge is 0.252 e. The van der Waals surface area contributed by atoms with Crippen LogP contribution in [0.25, 0.3) is 5.95 Å². The van der Waals surface area contributed by atoms with Crippen molar-refractivity contribution in [3.8, 4) is 17.4 Å². The van der Waals surface area contributed by atoms with Crippen molar-refractivity contribution in [1.82, 2.24) is 19.7 Å². The number of aromatic nitrogens is 4. The van der Waals surface area contributed by atoms with Crippen molar-refractivity contribution in [3.05, 3.63) is 83.8 Å². The number of nitrogens with zero attached hydrogens (tertiary/aromatic N) is 4. The first kappa shape index (κ1) is 17.7. The van der Waals surface area contributed by atoms with Gasteiger partial charge in [0.1, 0.15) is 17.3 Å². The second kappa shape index (κ2) is 7.52. The zero-order chi connectivity index (χ0) is 19.5. The fourth-order valence-electron chi connectivity index (χ4n) is 2.92. The summed E-state index contributed by atoms with van der Waals surface area (Å²) in [5.41, 5.74) is 3.71. The molecule has 0 radical (unpaired) electrons. The Morgan fingerprint density at radius 2 is 1.50 bits per heavy atom. The minimum atomic E-state index is 0.553. The first-order valence-electron chi connectivity index (χ1n) is 9.06. The number of nitrogens with one attached hydrogen (secondary N) is 1. The molecule has 0 fully saturated rings. The molecule has 6 heteroatoms. The zero-order valence-corrected chi connectivity index (χ0v) is 16.0. The van der Waals surface area contributed by atoms with Gasteiger partial charge in [-0.05, 0) is 63.2 Å². The first-order valence-corrected chi connectivity index (χ1v) is 9.06. The van der Waals surface area contributed by atoms with Gasteiger partial charge < -0.3 is 10.1 Å². The molecule has 2 aromatic carbocycles. The summed E-state index contributed by atoms with van der Waals surface area (Å²) in [6.45, 7) is 5.89. The van der Waals surface area contributed by atoms with Crippen LogP contribution in [0.2, 0.25) is 0 Å². The Kier molecular flexibility index (Phi) is 4.76. The van der Waals surface area contributed by atoms with Crippen molar-refractivity contribution < 1.29 is 4.74 Å². The molecule has 0 atom stereocenters. The van der Waals surface area contributed by atoms with E-state index in [1.165, 1.54) is 0 Å².